The molecule has 0 aromatic carbocycles. The molecule has 0 aliphatic carbocycles. The molecule has 3 heterocycles. The van der Waals surface area contributed by atoms with Gasteiger partial charge in [-0.3, -0.25) is 9.52 Å². The van der Waals surface area contributed by atoms with Gasteiger partial charge in [0.1, 0.15) is 5.69 Å². The van der Waals surface area contributed by atoms with Gasteiger partial charge in [0.2, 0.25) is 0 Å². The highest BCUT2D eigenvalue weighted by molar-refractivity contribution is 7.97. The lowest BCUT2D eigenvalue weighted by Gasteiger charge is -2.23. The number of hydrogen-bond acceptors (Lipinski definition) is 5. The first kappa shape index (κ1) is 10.9. The fraction of sp³-hybridized carbons (Fsp3) is 0.500. The van der Waals surface area contributed by atoms with Crippen molar-refractivity contribution in [1.29, 1.82) is 0 Å². The largest absolute Gasteiger partial charge is 0.489 e. The summed E-state index contributed by atoms with van der Waals surface area (Å²) in [6.07, 6.45) is 1.75. The fourth-order valence-corrected chi connectivity index (χ4v) is 3.10. The second-order valence-corrected chi connectivity index (χ2v) is 5.16. The number of amides is 1. The zero-order chi connectivity index (χ0) is 11.8. The molecule has 7 heteroatoms. The van der Waals surface area contributed by atoms with E-state index < -0.39 is 5.91 Å². The fourth-order valence-electron chi connectivity index (χ4n) is 2.17. The number of aromatic amines is 1. The van der Waals surface area contributed by atoms with Crippen LogP contribution in [0.3, 0.4) is 0 Å². The minimum atomic E-state index is -0.492. The van der Waals surface area contributed by atoms with E-state index in [-0.39, 0.29) is 0 Å². The predicted octanol–water partition coefficient (Wildman–Crippen LogP) is -0.309. The molecule has 0 radical (unpaired) electrons. The number of nitrogens with one attached hydrogen (secondary N) is 3. The van der Waals surface area contributed by atoms with E-state index in [1.807, 2.05) is 0 Å². The van der Waals surface area contributed by atoms with Gasteiger partial charge in [-0.05, 0) is 11.9 Å². The third-order valence-corrected chi connectivity index (χ3v) is 4.09. The summed E-state index contributed by atoms with van der Waals surface area (Å²) < 4.78 is 9.14. The smallest absolute Gasteiger partial charge is 0.269 e. The molecule has 1 saturated heterocycles. The van der Waals surface area contributed by atoms with Gasteiger partial charge in [0, 0.05) is 31.2 Å². The first-order valence-corrected chi connectivity index (χ1v) is 6.34. The standard InChI is InChI=1S/C10H14N4O2S/c11-10(15)8-9-7(3-13-8)17-14-6-2-12-1-5(6)4-16-9/h3,5-6,12-14H,1-2,4H2,(H2,11,15). The molecule has 2 unspecified atom stereocenters. The number of fused-ring (bicyclic) bond motifs is 2. The van der Waals surface area contributed by atoms with Crippen LogP contribution in [0, 0.1) is 5.92 Å². The molecule has 1 amide bonds. The van der Waals surface area contributed by atoms with Crippen LogP contribution in [-0.2, 0) is 0 Å². The summed E-state index contributed by atoms with van der Waals surface area (Å²) in [6.45, 7) is 2.48. The molecule has 2 aliphatic rings. The minimum Gasteiger partial charge on any atom is -0.489 e. The van der Waals surface area contributed by atoms with Crippen LogP contribution in [0.4, 0.5) is 0 Å². The Morgan fingerprint density at radius 1 is 1.53 bits per heavy atom. The third kappa shape index (κ3) is 1.90. The molecular weight excluding hydrogens is 240 g/mol. The number of nitrogens with two attached hydrogens (primary N) is 1. The lowest BCUT2D eigenvalue weighted by molar-refractivity contribution is 0.0990. The van der Waals surface area contributed by atoms with Crippen molar-refractivity contribution < 1.29 is 9.53 Å². The maximum absolute atomic E-state index is 11.2. The normalized spacial score (nSPS) is 27.5. The molecule has 1 aromatic heterocycles. The highest BCUT2D eigenvalue weighted by atomic mass is 32.2. The summed E-state index contributed by atoms with van der Waals surface area (Å²) >= 11 is 1.48. The molecule has 0 bridgehead atoms. The summed E-state index contributed by atoms with van der Waals surface area (Å²) in [5.74, 6) is 0.500. The first-order valence-electron chi connectivity index (χ1n) is 5.53. The molecule has 1 aromatic rings. The average molecular weight is 254 g/mol. The van der Waals surface area contributed by atoms with E-state index in [0.717, 1.165) is 18.0 Å². The Hall–Kier alpha value is -1.18. The summed E-state index contributed by atoms with van der Waals surface area (Å²) in [4.78, 5) is 15.0. The lowest BCUT2D eigenvalue weighted by Crippen LogP contribution is -2.35. The molecular formula is C10H14N4O2S. The second kappa shape index (κ2) is 4.25. The third-order valence-electron chi connectivity index (χ3n) is 3.15. The highest BCUT2D eigenvalue weighted by Crippen LogP contribution is 2.34. The van der Waals surface area contributed by atoms with Crippen molar-refractivity contribution in [1.82, 2.24) is 15.0 Å². The number of H-pyrrole nitrogens is 1. The number of carbonyl (C=O) groups is 1. The van der Waals surface area contributed by atoms with Gasteiger partial charge >= 0.3 is 0 Å². The number of primary amides is 1. The Labute approximate surface area is 103 Å². The van der Waals surface area contributed by atoms with Crippen LogP contribution in [-0.4, -0.2) is 36.6 Å². The van der Waals surface area contributed by atoms with Crippen molar-refractivity contribution >= 4 is 17.9 Å². The van der Waals surface area contributed by atoms with Gasteiger partial charge in [-0.2, -0.15) is 0 Å². The van der Waals surface area contributed by atoms with Crippen LogP contribution < -0.4 is 20.5 Å². The molecule has 3 rings (SSSR count). The van der Waals surface area contributed by atoms with Crippen LogP contribution in [0.5, 0.6) is 5.75 Å². The molecule has 0 spiro atoms. The van der Waals surface area contributed by atoms with Gasteiger partial charge in [0.05, 0.1) is 11.5 Å². The molecule has 2 aliphatic heterocycles. The molecule has 1 fully saturated rings. The first-order chi connectivity index (χ1) is 8.25. The molecule has 17 heavy (non-hydrogen) atoms. The van der Waals surface area contributed by atoms with E-state index in [0.29, 0.717) is 30.0 Å². The SMILES string of the molecule is NC(=O)c1[nH]cc2c1OCC1CNCC1NS2. The van der Waals surface area contributed by atoms with Crippen molar-refractivity contribution in [3.05, 3.63) is 11.9 Å². The quantitative estimate of drug-likeness (QED) is 0.516. The number of ether oxygens (including phenoxy) is 1. The highest BCUT2D eigenvalue weighted by Gasteiger charge is 2.31. The molecule has 5 N–H and O–H groups in total. The summed E-state index contributed by atoms with van der Waals surface area (Å²) in [7, 11) is 0. The molecule has 0 saturated carbocycles. The summed E-state index contributed by atoms with van der Waals surface area (Å²) in [6, 6.07) is 0.403. The average Bonchev–Trinajstić information content (AvgIpc) is 2.85. The second-order valence-electron chi connectivity index (χ2n) is 4.28. The van der Waals surface area contributed by atoms with Crippen molar-refractivity contribution in [2.75, 3.05) is 19.7 Å². The number of carbonyl (C=O) groups excluding carboxylic acids is 1. The lowest BCUT2D eigenvalue weighted by atomic mass is 10.1. The van der Waals surface area contributed by atoms with Crippen molar-refractivity contribution in [2.45, 2.75) is 10.9 Å². The van der Waals surface area contributed by atoms with Crippen LogP contribution >= 0.6 is 11.9 Å². The van der Waals surface area contributed by atoms with Crippen LogP contribution in [0.25, 0.3) is 0 Å². The van der Waals surface area contributed by atoms with Crippen molar-refractivity contribution in [3.63, 3.8) is 0 Å². The number of hydrogen-bond donors (Lipinski definition) is 4. The molecule has 2 atom stereocenters. The van der Waals surface area contributed by atoms with Gasteiger partial charge in [-0.15, -0.1) is 0 Å². The maximum atomic E-state index is 11.2. The van der Waals surface area contributed by atoms with Crippen LogP contribution in [0.15, 0.2) is 11.1 Å². The van der Waals surface area contributed by atoms with Crippen molar-refractivity contribution in [3.8, 4) is 5.75 Å². The van der Waals surface area contributed by atoms with Gasteiger partial charge in [-0.25, -0.2) is 0 Å². The minimum absolute atomic E-state index is 0.346. The Morgan fingerprint density at radius 2 is 2.41 bits per heavy atom. The van der Waals surface area contributed by atoms with Gasteiger partial charge < -0.3 is 20.8 Å². The van der Waals surface area contributed by atoms with E-state index in [1.54, 1.807) is 6.20 Å². The monoisotopic (exact) mass is 254 g/mol. The van der Waals surface area contributed by atoms with E-state index >= 15 is 0 Å². The Morgan fingerprint density at radius 3 is 3.24 bits per heavy atom. The van der Waals surface area contributed by atoms with Crippen molar-refractivity contribution in [2.24, 2.45) is 11.7 Å². The summed E-state index contributed by atoms with van der Waals surface area (Å²) in [5.41, 5.74) is 5.63. The topological polar surface area (TPSA) is 92.2 Å². The molecule has 6 nitrogen and oxygen atoms in total. The Bertz CT molecular complexity index is 448. The van der Waals surface area contributed by atoms with E-state index in [2.05, 4.69) is 15.0 Å². The number of rotatable bonds is 1. The Kier molecular flexibility index (Phi) is 2.73. The van der Waals surface area contributed by atoms with Gasteiger partial charge in [0.25, 0.3) is 5.91 Å². The van der Waals surface area contributed by atoms with Gasteiger partial charge in [0.15, 0.2) is 5.75 Å². The van der Waals surface area contributed by atoms with E-state index in [9.17, 15) is 4.79 Å². The summed E-state index contributed by atoms with van der Waals surface area (Å²) in [5, 5.41) is 3.32. The van der Waals surface area contributed by atoms with Crippen LogP contribution in [0.1, 0.15) is 10.5 Å². The van der Waals surface area contributed by atoms with E-state index in [1.165, 1.54) is 11.9 Å². The van der Waals surface area contributed by atoms with E-state index in [4.69, 9.17) is 10.5 Å². The number of aromatic nitrogens is 1. The predicted molar refractivity (Wildman–Crippen MR) is 63.9 cm³/mol. The van der Waals surface area contributed by atoms with Gasteiger partial charge in [-0.1, -0.05) is 0 Å². The zero-order valence-corrected chi connectivity index (χ0v) is 9.97. The maximum Gasteiger partial charge on any atom is 0.269 e. The zero-order valence-electron chi connectivity index (χ0n) is 9.16. The Balaban J connectivity index is 1.88. The molecule has 92 valence electrons. The van der Waals surface area contributed by atoms with Crippen LogP contribution in [0.2, 0.25) is 0 Å².